The summed E-state index contributed by atoms with van der Waals surface area (Å²) >= 11 is 2.64. The van der Waals surface area contributed by atoms with Gasteiger partial charge in [0, 0.05) is 132 Å². The van der Waals surface area contributed by atoms with E-state index in [-0.39, 0.29) is 64.8 Å². The molecule has 4 amide bonds. The van der Waals surface area contributed by atoms with Gasteiger partial charge in [0.25, 0.3) is 23.6 Å². The number of hydrogen-bond acceptors (Lipinski definition) is 16. The number of benzene rings is 4. The number of pyridine rings is 2. The predicted octanol–water partition coefficient (Wildman–Crippen LogP) is 9.08. The fourth-order valence-electron chi connectivity index (χ4n) is 13.2. The minimum absolute atomic E-state index is 0. The largest absolute Gasteiger partial charge is 1.00 e. The first kappa shape index (κ1) is 65.0. The van der Waals surface area contributed by atoms with Gasteiger partial charge < -0.3 is 55.0 Å². The Morgan fingerprint density at radius 3 is 1.39 bits per heavy atom. The Hall–Kier alpha value is -8.52. The standard InChI is InChI=1S/C36H36N4O5S.C34H32N4O5S.Li.H2O/c1-3-45-35(43)30-19-25-12-15-40(29-7-5-4-6-27(29)31(25)46-30)34(42)24-8-10-26(11-9-24)38-33(41)28-18-23(2)20-37-32(28)39-21-36(22-39)13-16-44-17-14-36;1-21-16-26(30(35-18-21)37-19-34(20-37)11-14-43-15-12-34)31(39)36-24-8-6-22(7-9-24)32(40)38-13-10-23-17-28(33(41)42)44-29(23)25-4-2-3-5-27(25)38;;/h4-11,18-20H,3,12-17,21-22H2,1-2H3,(H,38,41);2-9,16-18H,10-15,19-20H2,1H3,(H,36,39)(H,41,42);;1H2/q;;+1;/p-1. The van der Waals surface area contributed by atoms with Crippen molar-refractivity contribution in [3.8, 4) is 20.9 Å². The van der Waals surface area contributed by atoms with Crippen molar-refractivity contribution in [2.45, 2.75) is 59.3 Å². The minimum Gasteiger partial charge on any atom is -0.870 e. The smallest absolute Gasteiger partial charge is 0.870 e. The van der Waals surface area contributed by atoms with Crippen LogP contribution in [0.1, 0.15) is 116 Å². The molecule has 92 heavy (non-hydrogen) atoms. The van der Waals surface area contributed by atoms with Crippen LogP contribution in [0.4, 0.5) is 34.4 Å². The molecule has 2 spiro atoms. The van der Waals surface area contributed by atoms with Crippen LogP contribution in [0.15, 0.2) is 134 Å². The molecule has 0 radical (unpaired) electrons. The molecular weight excluding hydrogens is 1200 g/mol. The molecule has 8 aromatic rings. The van der Waals surface area contributed by atoms with Gasteiger partial charge in [-0.1, -0.05) is 36.4 Å². The van der Waals surface area contributed by atoms with E-state index in [0.29, 0.717) is 87.6 Å². The fraction of sp³-hybridized carbons (Fsp3) is 0.314. The number of ether oxygens (including phenoxy) is 3. The van der Waals surface area contributed by atoms with Gasteiger partial charge in [0.2, 0.25) is 0 Å². The summed E-state index contributed by atoms with van der Waals surface area (Å²) in [6, 6.07) is 36.7. The number of thiophene rings is 2. The van der Waals surface area contributed by atoms with Gasteiger partial charge in [-0.25, -0.2) is 19.6 Å². The third-order valence-corrected chi connectivity index (χ3v) is 20.4. The topological polar surface area (TPSA) is 243 Å². The van der Waals surface area contributed by atoms with Crippen molar-refractivity contribution in [2.75, 3.05) is 103 Å². The van der Waals surface area contributed by atoms with Crippen LogP contribution >= 0.6 is 22.7 Å². The molecule has 0 atom stereocenters. The number of rotatable bonds is 11. The summed E-state index contributed by atoms with van der Waals surface area (Å²) in [6.07, 6.45) is 8.90. The number of aromatic carboxylic acids is 1. The first-order chi connectivity index (χ1) is 43.6. The molecule has 0 bridgehead atoms. The molecule has 6 aliphatic heterocycles. The molecule has 19 nitrogen and oxygen atoms in total. The molecule has 468 valence electrons. The second kappa shape index (κ2) is 27.4. The summed E-state index contributed by atoms with van der Waals surface area (Å²) in [6.45, 7) is 13.5. The van der Waals surface area contributed by atoms with E-state index in [0.717, 1.165) is 133 Å². The summed E-state index contributed by atoms with van der Waals surface area (Å²) in [4.78, 5) is 98.6. The molecule has 4 fully saturated rings. The molecule has 0 aliphatic carbocycles. The number of amides is 4. The van der Waals surface area contributed by atoms with Crippen molar-refractivity contribution in [1.29, 1.82) is 0 Å². The molecule has 4 aromatic carbocycles. The van der Waals surface area contributed by atoms with Gasteiger partial charge in [-0.05, 0) is 166 Å². The molecule has 4 saturated heterocycles. The van der Waals surface area contributed by atoms with Gasteiger partial charge >= 0.3 is 30.8 Å². The Balaban J connectivity index is 0.000000185. The van der Waals surface area contributed by atoms with Crippen LogP contribution in [0, 0.1) is 24.7 Å². The van der Waals surface area contributed by atoms with Crippen LogP contribution < -0.4 is 49.1 Å². The molecule has 14 rings (SSSR count). The molecule has 6 aliphatic rings. The second-order valence-electron chi connectivity index (χ2n) is 24.2. The Morgan fingerprint density at radius 1 is 0.576 bits per heavy atom. The number of carboxylic acid groups (broad SMARTS) is 1. The number of fused-ring (bicyclic) bond motifs is 6. The van der Waals surface area contributed by atoms with E-state index < -0.39 is 5.97 Å². The Kier molecular flexibility index (Phi) is 19.3. The number of nitrogens with zero attached hydrogens (tertiary/aromatic N) is 6. The monoisotopic (exact) mass is 1270 g/mol. The van der Waals surface area contributed by atoms with Crippen molar-refractivity contribution in [1.82, 2.24) is 9.97 Å². The number of carboxylic acids is 1. The first-order valence-electron chi connectivity index (χ1n) is 30.5. The molecule has 22 heteroatoms. The zero-order chi connectivity index (χ0) is 62.3. The van der Waals surface area contributed by atoms with Crippen LogP contribution in [0.2, 0.25) is 0 Å². The summed E-state index contributed by atoms with van der Waals surface area (Å²) in [5, 5.41) is 15.5. The molecule has 0 unspecified atom stereocenters. The zero-order valence-corrected chi connectivity index (χ0v) is 53.4. The SMILES string of the molecule is CCOC(=O)c1cc2c(s1)-c1ccccc1N(C(=O)c1ccc(NC(=O)c3cc(C)cnc3N3CC4(CCOCC4)C3)cc1)CC2.Cc1cnc(N2CC3(CCOCC3)C2)c(C(=O)Nc2ccc(C(=O)N3CCc4cc(C(=O)O)sc4-c4ccccc43)cc2)c1.[Li+].[OH-]. The van der Waals surface area contributed by atoms with E-state index in [9.17, 15) is 33.9 Å². The van der Waals surface area contributed by atoms with E-state index >= 15 is 0 Å². The third-order valence-electron chi connectivity index (χ3n) is 18.0. The quantitative estimate of drug-likeness (QED) is 0.0808. The van der Waals surface area contributed by atoms with Crippen molar-refractivity contribution in [3.63, 3.8) is 0 Å². The normalized spacial score (nSPS) is 16.3. The van der Waals surface area contributed by atoms with E-state index in [1.165, 1.54) is 22.7 Å². The number of esters is 1. The number of aryl methyl sites for hydroxylation is 2. The Bertz CT molecular complexity index is 4110. The molecule has 4 aromatic heterocycles. The van der Waals surface area contributed by atoms with Crippen LogP contribution in [0.3, 0.4) is 0 Å². The van der Waals surface area contributed by atoms with Crippen molar-refractivity contribution in [2.24, 2.45) is 10.8 Å². The Labute approximate surface area is 553 Å². The summed E-state index contributed by atoms with van der Waals surface area (Å²) in [5.74, 6) is -0.624. The van der Waals surface area contributed by atoms with E-state index in [2.05, 4.69) is 30.4 Å². The van der Waals surface area contributed by atoms with Gasteiger partial charge in [0.15, 0.2) is 0 Å². The fourth-order valence-corrected chi connectivity index (χ4v) is 15.4. The average molecular weight is 1270 g/mol. The molecule has 0 saturated carbocycles. The van der Waals surface area contributed by atoms with E-state index in [1.807, 2.05) is 80.6 Å². The van der Waals surface area contributed by atoms with E-state index in [4.69, 9.17) is 14.2 Å². The summed E-state index contributed by atoms with van der Waals surface area (Å²) in [7, 11) is 0. The van der Waals surface area contributed by atoms with Crippen LogP contribution in [-0.4, -0.2) is 128 Å². The van der Waals surface area contributed by atoms with Crippen molar-refractivity contribution >= 4 is 92.6 Å². The number of carbonyl (C=O) groups excluding carboxylic acids is 5. The molecule has 4 N–H and O–H groups in total. The number of aromatic nitrogens is 2. The van der Waals surface area contributed by atoms with E-state index in [1.54, 1.807) is 83.7 Å². The number of para-hydroxylation sites is 2. The maximum Gasteiger partial charge on any atom is 1.00 e. The number of anilines is 6. The summed E-state index contributed by atoms with van der Waals surface area (Å²) < 4.78 is 16.3. The number of nitrogens with one attached hydrogen (secondary N) is 2. The van der Waals surface area contributed by atoms with Crippen molar-refractivity contribution in [3.05, 3.63) is 188 Å². The van der Waals surface area contributed by atoms with Crippen LogP contribution in [0.5, 0.6) is 0 Å². The van der Waals surface area contributed by atoms with Crippen molar-refractivity contribution < 1.29 is 72.4 Å². The van der Waals surface area contributed by atoms with Gasteiger partial charge in [-0.15, -0.1) is 22.7 Å². The summed E-state index contributed by atoms with van der Waals surface area (Å²) in [5.41, 5.74) is 10.9. The Morgan fingerprint density at radius 2 is 0.978 bits per heavy atom. The second-order valence-corrected chi connectivity index (χ2v) is 26.3. The van der Waals surface area contributed by atoms with Crippen LogP contribution in [0.25, 0.3) is 20.9 Å². The first-order valence-corrected chi connectivity index (χ1v) is 32.2. The zero-order valence-electron chi connectivity index (χ0n) is 51.8. The molecular formula is C70H69LiN8O11S2. The van der Waals surface area contributed by atoms with Crippen LogP contribution in [-0.2, 0) is 27.1 Å². The van der Waals surface area contributed by atoms with Gasteiger partial charge in [-0.2, -0.15) is 0 Å². The third kappa shape index (κ3) is 13.1. The number of carbonyl (C=O) groups is 6. The van der Waals surface area contributed by atoms with Gasteiger partial charge in [0.1, 0.15) is 21.4 Å². The maximum absolute atomic E-state index is 13.9. The van der Waals surface area contributed by atoms with Gasteiger partial charge in [-0.3, -0.25) is 19.2 Å². The predicted molar refractivity (Wildman–Crippen MR) is 351 cm³/mol. The number of hydrogen-bond donors (Lipinski definition) is 3. The molecule has 10 heterocycles. The minimum atomic E-state index is -0.945. The van der Waals surface area contributed by atoms with Gasteiger partial charge in [0.05, 0.1) is 29.1 Å². The maximum atomic E-state index is 13.9. The average Bonchev–Trinajstić information content (AvgIpc) is 1.44.